The second-order valence-corrected chi connectivity index (χ2v) is 11.7. The van der Waals surface area contributed by atoms with Gasteiger partial charge in [-0.1, -0.05) is 42.5 Å². The van der Waals surface area contributed by atoms with Crippen LogP contribution in [0, 0.1) is 0 Å². The number of aliphatic carboxylic acids is 1. The molecule has 202 valence electrons. The Kier molecular flexibility index (Phi) is 8.04. The second kappa shape index (κ2) is 11.6. The van der Waals surface area contributed by atoms with Crippen LogP contribution in [0.2, 0.25) is 0 Å². The van der Waals surface area contributed by atoms with E-state index in [-0.39, 0.29) is 18.4 Å². The predicted molar refractivity (Wildman–Crippen MR) is 151 cm³/mol. The lowest BCUT2D eigenvalue weighted by Crippen LogP contribution is -2.57. The van der Waals surface area contributed by atoms with E-state index in [4.69, 9.17) is 5.11 Å². The van der Waals surface area contributed by atoms with Gasteiger partial charge in [-0.25, -0.2) is 0 Å². The summed E-state index contributed by atoms with van der Waals surface area (Å²) in [4.78, 5) is 55.6. The number of nitrogens with zero attached hydrogens (tertiary/aromatic N) is 1. The summed E-state index contributed by atoms with van der Waals surface area (Å²) in [6, 6.07) is 17.8. The van der Waals surface area contributed by atoms with Crippen LogP contribution in [0.15, 0.2) is 65.6 Å². The molecular formula is C29H29N3O5S2. The fraction of sp³-hybridized carbons (Fsp3) is 0.310. The van der Waals surface area contributed by atoms with E-state index >= 15 is 0 Å². The highest BCUT2D eigenvalue weighted by Crippen LogP contribution is 2.46. The summed E-state index contributed by atoms with van der Waals surface area (Å²) in [6.07, 6.45) is 3.61. The summed E-state index contributed by atoms with van der Waals surface area (Å²) >= 11 is 3.33. The van der Waals surface area contributed by atoms with Gasteiger partial charge in [0.1, 0.15) is 18.6 Å². The highest BCUT2D eigenvalue weighted by atomic mass is 32.2. The van der Waals surface area contributed by atoms with Crippen molar-refractivity contribution in [2.45, 2.75) is 48.7 Å². The van der Waals surface area contributed by atoms with E-state index in [2.05, 4.69) is 41.0 Å². The SMILES string of the molecule is CSc1ccc(-c2cc3c(s2)C[C@@H](C(=O)N[C@@H](Cc2ccccc2)C(=O)NCC(=O)O)N2C(=O)CC[C@H]32)cc1. The third-order valence-electron chi connectivity index (χ3n) is 7.18. The molecule has 8 nitrogen and oxygen atoms in total. The first-order chi connectivity index (χ1) is 18.8. The molecule has 2 aromatic carbocycles. The fourth-order valence-electron chi connectivity index (χ4n) is 5.29. The van der Waals surface area contributed by atoms with E-state index in [1.165, 1.54) is 4.90 Å². The van der Waals surface area contributed by atoms with Gasteiger partial charge in [0.15, 0.2) is 0 Å². The molecule has 3 atom stereocenters. The van der Waals surface area contributed by atoms with Gasteiger partial charge in [0.05, 0.1) is 6.04 Å². The lowest BCUT2D eigenvalue weighted by atomic mass is 9.93. The molecule has 1 aromatic heterocycles. The van der Waals surface area contributed by atoms with Crippen LogP contribution < -0.4 is 10.6 Å². The Morgan fingerprint density at radius 3 is 2.56 bits per heavy atom. The van der Waals surface area contributed by atoms with Crippen LogP contribution in [0.4, 0.5) is 0 Å². The van der Waals surface area contributed by atoms with Crippen molar-refractivity contribution in [3.05, 3.63) is 76.7 Å². The van der Waals surface area contributed by atoms with E-state index in [1.807, 2.05) is 36.6 Å². The first kappa shape index (κ1) is 27.0. The number of carbonyl (C=O) groups excluding carboxylic acids is 3. The molecule has 5 rings (SSSR count). The van der Waals surface area contributed by atoms with Gasteiger partial charge < -0.3 is 20.6 Å². The normalized spacial score (nSPS) is 18.7. The molecule has 10 heteroatoms. The molecule has 3 amide bonds. The van der Waals surface area contributed by atoms with Gasteiger partial charge in [0, 0.05) is 33.9 Å². The Bertz CT molecular complexity index is 1390. The summed E-state index contributed by atoms with van der Waals surface area (Å²) in [5, 5.41) is 14.2. The number of rotatable bonds is 9. The molecule has 0 aliphatic carbocycles. The minimum atomic E-state index is -1.17. The van der Waals surface area contributed by atoms with Crippen LogP contribution in [0.1, 0.15) is 34.9 Å². The van der Waals surface area contributed by atoms with Gasteiger partial charge in [-0.15, -0.1) is 23.1 Å². The maximum atomic E-state index is 13.7. The Labute approximate surface area is 234 Å². The minimum absolute atomic E-state index is 0.0715. The quantitative estimate of drug-likeness (QED) is 0.343. The molecule has 3 aromatic rings. The van der Waals surface area contributed by atoms with Crippen molar-refractivity contribution in [3.63, 3.8) is 0 Å². The first-order valence-corrected chi connectivity index (χ1v) is 14.8. The number of carbonyl (C=O) groups is 4. The number of hydrogen-bond acceptors (Lipinski definition) is 6. The molecule has 0 bridgehead atoms. The first-order valence-electron chi connectivity index (χ1n) is 12.8. The summed E-state index contributed by atoms with van der Waals surface area (Å²) in [5.41, 5.74) is 3.02. The fourth-order valence-corrected chi connectivity index (χ4v) is 6.95. The van der Waals surface area contributed by atoms with Crippen molar-refractivity contribution in [2.24, 2.45) is 0 Å². The lowest BCUT2D eigenvalue weighted by Gasteiger charge is -2.37. The predicted octanol–water partition coefficient (Wildman–Crippen LogP) is 3.65. The zero-order valence-corrected chi connectivity index (χ0v) is 23.0. The Balaban J connectivity index is 1.39. The van der Waals surface area contributed by atoms with Gasteiger partial charge in [0.25, 0.3) is 0 Å². The van der Waals surface area contributed by atoms with Crippen molar-refractivity contribution in [3.8, 4) is 10.4 Å². The number of thioether (sulfide) groups is 1. The monoisotopic (exact) mass is 563 g/mol. The van der Waals surface area contributed by atoms with Crippen molar-refractivity contribution < 1.29 is 24.3 Å². The molecule has 1 saturated heterocycles. The number of amides is 3. The van der Waals surface area contributed by atoms with Crippen LogP contribution in [0.25, 0.3) is 10.4 Å². The third-order valence-corrected chi connectivity index (χ3v) is 9.14. The molecule has 3 heterocycles. The molecule has 1 fully saturated rings. The molecule has 0 spiro atoms. The average molecular weight is 564 g/mol. The van der Waals surface area contributed by atoms with E-state index < -0.39 is 36.4 Å². The molecular weight excluding hydrogens is 534 g/mol. The molecule has 0 saturated carbocycles. The van der Waals surface area contributed by atoms with Gasteiger partial charge in [0.2, 0.25) is 17.7 Å². The largest absolute Gasteiger partial charge is 0.480 e. The van der Waals surface area contributed by atoms with Crippen LogP contribution in [-0.4, -0.2) is 58.6 Å². The number of carboxylic acids is 1. The highest BCUT2D eigenvalue weighted by molar-refractivity contribution is 7.98. The molecule has 0 radical (unpaired) electrons. The van der Waals surface area contributed by atoms with E-state index in [1.54, 1.807) is 28.0 Å². The standard InChI is InChI=1S/C29H29N3O5S2/c1-38-19-9-7-18(8-10-19)24-14-20-22-11-12-26(33)32(22)23(15-25(20)39-24)29(37)31-21(28(36)30-16-27(34)35)13-17-5-3-2-4-6-17/h2-10,14,21-23H,11-13,15-16H2,1H3,(H,30,36)(H,31,37)(H,34,35)/t21-,22+,23-/m0/s1. The van der Waals surface area contributed by atoms with E-state index in [9.17, 15) is 19.2 Å². The third kappa shape index (κ3) is 5.86. The highest BCUT2D eigenvalue weighted by Gasteiger charge is 2.46. The van der Waals surface area contributed by atoms with Crippen LogP contribution in [0.3, 0.4) is 0 Å². The molecule has 3 N–H and O–H groups in total. The molecule has 2 aliphatic rings. The number of benzene rings is 2. The number of thiophene rings is 1. The summed E-state index contributed by atoms with van der Waals surface area (Å²) in [5.74, 6) is -2.23. The van der Waals surface area contributed by atoms with Gasteiger partial charge in [-0.2, -0.15) is 0 Å². The van der Waals surface area contributed by atoms with E-state index in [0.29, 0.717) is 19.3 Å². The van der Waals surface area contributed by atoms with Gasteiger partial charge in [-0.05, 0) is 47.6 Å². The topological polar surface area (TPSA) is 116 Å². The van der Waals surface area contributed by atoms with Gasteiger partial charge >= 0.3 is 5.97 Å². The van der Waals surface area contributed by atoms with Crippen LogP contribution in [0.5, 0.6) is 0 Å². The molecule has 39 heavy (non-hydrogen) atoms. The zero-order valence-electron chi connectivity index (χ0n) is 21.4. The van der Waals surface area contributed by atoms with Gasteiger partial charge in [-0.3, -0.25) is 19.2 Å². The van der Waals surface area contributed by atoms with Crippen LogP contribution in [-0.2, 0) is 32.0 Å². The number of carboxylic acid groups (broad SMARTS) is 1. The van der Waals surface area contributed by atoms with Crippen LogP contribution >= 0.6 is 23.1 Å². The van der Waals surface area contributed by atoms with Crippen molar-refractivity contribution in [2.75, 3.05) is 12.8 Å². The number of nitrogens with one attached hydrogen (secondary N) is 2. The van der Waals surface area contributed by atoms with E-state index in [0.717, 1.165) is 26.4 Å². The Morgan fingerprint density at radius 1 is 1.13 bits per heavy atom. The second-order valence-electron chi connectivity index (χ2n) is 9.66. The zero-order chi connectivity index (χ0) is 27.5. The van der Waals surface area contributed by atoms with Crippen molar-refractivity contribution in [1.82, 2.24) is 15.5 Å². The summed E-state index contributed by atoms with van der Waals surface area (Å²) in [6.45, 7) is -0.546. The Morgan fingerprint density at radius 2 is 1.87 bits per heavy atom. The maximum Gasteiger partial charge on any atom is 0.322 e. The minimum Gasteiger partial charge on any atom is -0.480 e. The lowest BCUT2D eigenvalue weighted by molar-refractivity contribution is -0.141. The average Bonchev–Trinajstić information content (AvgIpc) is 3.55. The summed E-state index contributed by atoms with van der Waals surface area (Å²) in [7, 11) is 0. The summed E-state index contributed by atoms with van der Waals surface area (Å²) < 4.78 is 0. The van der Waals surface area contributed by atoms with Crippen molar-refractivity contribution >= 4 is 46.8 Å². The maximum absolute atomic E-state index is 13.7. The smallest absolute Gasteiger partial charge is 0.322 e. The number of hydrogen-bond donors (Lipinski definition) is 3. The van der Waals surface area contributed by atoms with Crippen molar-refractivity contribution in [1.29, 1.82) is 0 Å². The molecule has 2 aliphatic heterocycles. The number of fused-ring (bicyclic) bond motifs is 3. The molecule has 0 unspecified atom stereocenters. The Hall–Kier alpha value is -3.63.